The minimum atomic E-state index is 0.389. The number of aromatic nitrogens is 2. The molecule has 1 N–H and O–H groups in total. The van der Waals surface area contributed by atoms with E-state index in [2.05, 4.69) is 32.2 Å². The van der Waals surface area contributed by atoms with E-state index in [1.54, 1.807) is 0 Å². The summed E-state index contributed by atoms with van der Waals surface area (Å²) in [6.07, 6.45) is 9.43. The van der Waals surface area contributed by atoms with Crippen LogP contribution >= 0.6 is 11.6 Å². The highest BCUT2D eigenvalue weighted by atomic mass is 35.5. The highest BCUT2D eigenvalue weighted by Gasteiger charge is 2.21. The highest BCUT2D eigenvalue weighted by molar-refractivity contribution is 6.30. The van der Waals surface area contributed by atoms with Gasteiger partial charge in [0.05, 0.1) is 0 Å². The first-order chi connectivity index (χ1) is 13.8. The van der Waals surface area contributed by atoms with Gasteiger partial charge < -0.3 is 10.2 Å². The van der Waals surface area contributed by atoms with Gasteiger partial charge in [-0.1, -0.05) is 36.6 Å². The molecule has 0 saturated carbocycles. The molecule has 2 fully saturated rings. The van der Waals surface area contributed by atoms with Crippen LogP contribution < -0.4 is 10.2 Å². The molecular weight excluding hydrogens is 370 g/mol. The number of benzene rings is 1. The first-order valence-electron chi connectivity index (χ1n) is 10.6. The molecule has 3 heterocycles. The first-order valence-corrected chi connectivity index (χ1v) is 11.0. The molecule has 5 nitrogen and oxygen atoms in total. The summed E-state index contributed by atoms with van der Waals surface area (Å²) in [4.78, 5) is 14.2. The molecule has 1 unspecified atom stereocenters. The number of anilines is 2. The lowest BCUT2D eigenvalue weighted by Crippen LogP contribution is -2.42. The van der Waals surface area contributed by atoms with Gasteiger partial charge in [0.25, 0.3) is 0 Å². The van der Waals surface area contributed by atoms with E-state index < -0.39 is 0 Å². The van der Waals surface area contributed by atoms with Crippen molar-refractivity contribution in [3.63, 3.8) is 0 Å². The minimum absolute atomic E-state index is 0.389. The molecule has 2 aliphatic rings. The fraction of sp³-hybridized carbons (Fsp3) is 0.545. The van der Waals surface area contributed by atoms with Gasteiger partial charge in [-0.3, -0.25) is 4.90 Å². The average Bonchev–Trinajstić information content (AvgIpc) is 3.00. The summed E-state index contributed by atoms with van der Waals surface area (Å²) in [5.41, 5.74) is 1.31. The number of nitrogens with zero attached hydrogens (tertiary/aromatic N) is 4. The van der Waals surface area contributed by atoms with Crippen LogP contribution in [-0.2, 0) is 6.54 Å². The largest absolute Gasteiger partial charge is 0.356 e. The van der Waals surface area contributed by atoms with Gasteiger partial charge in [-0.25, -0.2) is 4.98 Å². The summed E-state index contributed by atoms with van der Waals surface area (Å²) in [5, 5.41) is 4.38. The molecule has 1 atom stereocenters. The summed E-state index contributed by atoms with van der Waals surface area (Å²) in [6, 6.07) is 10.6. The maximum absolute atomic E-state index is 6.00. The molecule has 6 heteroatoms. The third-order valence-electron chi connectivity index (χ3n) is 5.73. The molecule has 4 rings (SSSR count). The lowest BCUT2D eigenvalue weighted by atomic mass is 10.0. The zero-order valence-corrected chi connectivity index (χ0v) is 17.2. The quantitative estimate of drug-likeness (QED) is 0.796. The van der Waals surface area contributed by atoms with Crippen molar-refractivity contribution in [1.82, 2.24) is 14.9 Å². The molecule has 150 valence electrons. The topological polar surface area (TPSA) is 44.3 Å². The van der Waals surface area contributed by atoms with Crippen molar-refractivity contribution in [3.05, 3.63) is 47.1 Å². The Bertz CT molecular complexity index is 743. The van der Waals surface area contributed by atoms with E-state index in [1.807, 2.05) is 24.4 Å². The van der Waals surface area contributed by atoms with Gasteiger partial charge in [0.15, 0.2) is 0 Å². The number of likely N-dealkylation sites (tertiary alicyclic amines) is 1. The van der Waals surface area contributed by atoms with E-state index in [0.717, 1.165) is 55.9 Å². The molecule has 0 spiro atoms. The maximum Gasteiger partial charge on any atom is 0.224 e. The zero-order valence-electron chi connectivity index (χ0n) is 16.5. The zero-order chi connectivity index (χ0) is 19.2. The summed E-state index contributed by atoms with van der Waals surface area (Å²) in [6.45, 7) is 5.32. The van der Waals surface area contributed by atoms with Crippen LogP contribution in [0.2, 0.25) is 5.02 Å². The highest BCUT2D eigenvalue weighted by Crippen LogP contribution is 2.20. The van der Waals surface area contributed by atoms with Gasteiger partial charge in [-0.15, -0.1) is 0 Å². The van der Waals surface area contributed by atoms with Gasteiger partial charge >= 0.3 is 0 Å². The fourth-order valence-electron chi connectivity index (χ4n) is 4.24. The Hall–Kier alpha value is -1.85. The number of hydrogen-bond acceptors (Lipinski definition) is 5. The first kappa shape index (κ1) is 19.5. The second-order valence-electron chi connectivity index (χ2n) is 7.98. The average molecular weight is 400 g/mol. The van der Waals surface area contributed by atoms with Crippen LogP contribution in [-0.4, -0.2) is 47.1 Å². The van der Waals surface area contributed by atoms with Gasteiger partial charge in [0.1, 0.15) is 5.82 Å². The molecule has 0 amide bonds. The Labute approximate surface area is 173 Å². The van der Waals surface area contributed by atoms with E-state index in [9.17, 15) is 0 Å². The minimum Gasteiger partial charge on any atom is -0.356 e. The lowest BCUT2D eigenvalue weighted by Gasteiger charge is -2.33. The Balaban J connectivity index is 1.35. The fourth-order valence-corrected chi connectivity index (χ4v) is 4.37. The summed E-state index contributed by atoms with van der Waals surface area (Å²) in [5.74, 6) is 1.83. The smallest absolute Gasteiger partial charge is 0.224 e. The van der Waals surface area contributed by atoms with E-state index in [0.29, 0.717) is 6.04 Å². The SMILES string of the molecule is Clc1ccc(CN2CCCC(Nc3nccc(N4CCCCCC4)n3)C2)cc1. The molecule has 28 heavy (non-hydrogen) atoms. The second-order valence-corrected chi connectivity index (χ2v) is 8.42. The van der Waals surface area contributed by atoms with Crippen molar-refractivity contribution in [3.8, 4) is 0 Å². The van der Waals surface area contributed by atoms with Crippen molar-refractivity contribution in [2.24, 2.45) is 0 Å². The van der Waals surface area contributed by atoms with Crippen LogP contribution in [0.1, 0.15) is 44.1 Å². The molecule has 1 aromatic carbocycles. The van der Waals surface area contributed by atoms with E-state index in [-0.39, 0.29) is 0 Å². The second kappa shape index (κ2) is 9.57. The number of halogens is 1. The number of piperidine rings is 1. The number of hydrogen-bond donors (Lipinski definition) is 1. The summed E-state index contributed by atoms with van der Waals surface area (Å²) >= 11 is 6.00. The van der Waals surface area contributed by atoms with E-state index in [4.69, 9.17) is 16.6 Å². The Morgan fingerprint density at radius 1 is 0.964 bits per heavy atom. The molecule has 0 radical (unpaired) electrons. The van der Waals surface area contributed by atoms with Crippen LogP contribution in [0.3, 0.4) is 0 Å². The van der Waals surface area contributed by atoms with Crippen molar-refractivity contribution in [2.45, 2.75) is 51.1 Å². The van der Waals surface area contributed by atoms with Crippen LogP contribution in [0.5, 0.6) is 0 Å². The summed E-state index contributed by atoms with van der Waals surface area (Å²) < 4.78 is 0. The summed E-state index contributed by atoms with van der Waals surface area (Å²) in [7, 11) is 0. The van der Waals surface area contributed by atoms with Gasteiger partial charge in [0, 0.05) is 43.4 Å². The van der Waals surface area contributed by atoms with Gasteiger partial charge in [0.2, 0.25) is 5.95 Å². The van der Waals surface area contributed by atoms with Crippen molar-refractivity contribution >= 4 is 23.4 Å². The molecule has 1 aromatic heterocycles. The van der Waals surface area contributed by atoms with E-state index in [1.165, 1.54) is 37.7 Å². The predicted molar refractivity (Wildman–Crippen MR) is 116 cm³/mol. The normalized spacial score (nSPS) is 21.3. The van der Waals surface area contributed by atoms with E-state index >= 15 is 0 Å². The van der Waals surface area contributed by atoms with Crippen LogP contribution in [0.4, 0.5) is 11.8 Å². The Morgan fingerprint density at radius 3 is 2.54 bits per heavy atom. The predicted octanol–water partition coefficient (Wildman–Crippen LogP) is 4.59. The standard InChI is InChI=1S/C22H30ClN5/c23-19-9-7-18(8-10-19)16-27-13-5-6-20(17-27)25-22-24-12-11-21(26-22)28-14-3-1-2-4-15-28/h7-12,20H,1-6,13-17H2,(H,24,25,26). The van der Waals surface area contributed by atoms with Crippen LogP contribution in [0, 0.1) is 0 Å². The maximum atomic E-state index is 6.00. The molecule has 0 bridgehead atoms. The van der Waals surface area contributed by atoms with Gasteiger partial charge in [-0.05, 0) is 56.0 Å². The lowest BCUT2D eigenvalue weighted by molar-refractivity contribution is 0.208. The van der Waals surface area contributed by atoms with Crippen molar-refractivity contribution in [2.75, 3.05) is 36.4 Å². The molecule has 2 saturated heterocycles. The third kappa shape index (κ3) is 5.36. The Kier molecular flexibility index (Phi) is 6.65. The van der Waals surface area contributed by atoms with Crippen molar-refractivity contribution < 1.29 is 0 Å². The molecular formula is C22H30ClN5. The van der Waals surface area contributed by atoms with Crippen LogP contribution in [0.15, 0.2) is 36.5 Å². The third-order valence-corrected chi connectivity index (χ3v) is 5.98. The number of nitrogens with one attached hydrogen (secondary N) is 1. The monoisotopic (exact) mass is 399 g/mol. The van der Waals surface area contributed by atoms with Crippen LogP contribution in [0.25, 0.3) is 0 Å². The number of rotatable bonds is 5. The molecule has 2 aliphatic heterocycles. The molecule has 2 aromatic rings. The molecule has 0 aliphatic carbocycles. The van der Waals surface area contributed by atoms with Crippen molar-refractivity contribution in [1.29, 1.82) is 0 Å². The van der Waals surface area contributed by atoms with Gasteiger partial charge in [-0.2, -0.15) is 4.98 Å². The Morgan fingerprint density at radius 2 is 1.75 bits per heavy atom.